The van der Waals surface area contributed by atoms with Crippen LogP contribution in [0.5, 0.6) is 5.75 Å². The van der Waals surface area contributed by atoms with Gasteiger partial charge < -0.3 is 10.0 Å². The van der Waals surface area contributed by atoms with Crippen LogP contribution in [0.1, 0.15) is 51.2 Å². The maximum atomic E-state index is 12.6. The van der Waals surface area contributed by atoms with E-state index in [0.29, 0.717) is 17.3 Å². The van der Waals surface area contributed by atoms with Crippen molar-refractivity contribution in [2.45, 2.75) is 51.3 Å². The van der Waals surface area contributed by atoms with Crippen LogP contribution in [0, 0.1) is 0 Å². The van der Waals surface area contributed by atoms with Crippen molar-refractivity contribution in [3.63, 3.8) is 0 Å². The molecular weight excluding hydrogens is 458 g/mol. The van der Waals surface area contributed by atoms with Crippen molar-refractivity contribution < 1.29 is 5.11 Å². The van der Waals surface area contributed by atoms with Gasteiger partial charge in [-0.3, -0.25) is 4.90 Å². The maximum Gasteiger partial charge on any atom is 0.348 e. The number of rotatable bonds is 8. The Balaban J connectivity index is 1.45. The van der Waals surface area contributed by atoms with E-state index in [4.69, 9.17) is 0 Å². The number of aromatic nitrogens is 3. The van der Waals surface area contributed by atoms with Crippen LogP contribution in [0.15, 0.2) is 47.3 Å². The average molecular weight is 496 g/mol. The van der Waals surface area contributed by atoms with Crippen LogP contribution in [0.3, 0.4) is 0 Å². The zero-order chi connectivity index (χ0) is 25.2. The van der Waals surface area contributed by atoms with Crippen LogP contribution in [0.25, 0.3) is 17.1 Å². The molecule has 1 aliphatic heterocycles. The molecule has 2 N–H and O–H groups in total. The van der Waals surface area contributed by atoms with Gasteiger partial charge in [-0.25, -0.2) is 14.5 Å². The first kappa shape index (κ1) is 25.5. The highest BCUT2D eigenvalue weighted by Gasteiger charge is 2.20. The number of benzene rings is 2. The second-order valence-corrected chi connectivity index (χ2v) is 11.7. The van der Waals surface area contributed by atoms with Crippen LogP contribution >= 0.6 is 12.6 Å². The molecule has 0 aliphatic carbocycles. The second kappa shape index (κ2) is 10.6. The lowest BCUT2D eigenvalue weighted by atomic mass is 10.00. The molecule has 1 aliphatic rings. The van der Waals surface area contributed by atoms with E-state index in [2.05, 4.69) is 72.5 Å². The topological polar surface area (TPSA) is 77.4 Å². The van der Waals surface area contributed by atoms with Crippen LogP contribution in [0.2, 0.25) is 0 Å². The summed E-state index contributed by atoms with van der Waals surface area (Å²) in [7, 11) is 0. The predicted molar refractivity (Wildman–Crippen MR) is 145 cm³/mol. The van der Waals surface area contributed by atoms with E-state index in [1.807, 2.05) is 24.3 Å². The van der Waals surface area contributed by atoms with Gasteiger partial charge in [0.25, 0.3) is 0 Å². The number of phenolic OH excluding ortho intramolecular Hbond substituents is 1. The third-order valence-corrected chi connectivity index (χ3v) is 6.93. The minimum atomic E-state index is -0.331. The largest absolute Gasteiger partial charge is 0.507 e. The Bertz CT molecular complexity index is 1190. The molecule has 0 radical (unpaired) electrons. The van der Waals surface area contributed by atoms with Gasteiger partial charge in [0.2, 0.25) is 0 Å². The second-order valence-electron chi connectivity index (χ2n) is 10.5. The number of piperazine rings is 1. The fourth-order valence-corrected chi connectivity index (χ4v) is 4.52. The van der Waals surface area contributed by atoms with E-state index in [9.17, 15) is 9.90 Å². The summed E-state index contributed by atoms with van der Waals surface area (Å²) in [5.41, 5.74) is 3.21. The summed E-state index contributed by atoms with van der Waals surface area (Å²) in [4.78, 5) is 17.6. The molecule has 0 atom stereocenters. The molecule has 188 valence electrons. The number of hydrogen-bond donors (Lipinski definition) is 3. The van der Waals surface area contributed by atoms with Crippen LogP contribution < -0.4 is 5.69 Å². The average Bonchev–Trinajstić information content (AvgIpc) is 3.20. The SMILES string of the molecule is CC(C)c1ccc(O)c(-c2n[nH]c(=O)n2-c2ccc(CN3CCN(CCC(C)(C)S)CC3)cc2)c1. The van der Waals surface area contributed by atoms with Gasteiger partial charge in [-0.2, -0.15) is 17.7 Å². The van der Waals surface area contributed by atoms with Crippen LogP contribution in [0.4, 0.5) is 0 Å². The van der Waals surface area contributed by atoms with Gasteiger partial charge in [-0.15, -0.1) is 0 Å². The van der Waals surface area contributed by atoms with E-state index in [-0.39, 0.29) is 16.2 Å². The van der Waals surface area contributed by atoms with Gasteiger partial charge in [0, 0.05) is 37.5 Å². The van der Waals surface area contributed by atoms with Crippen LogP contribution in [-0.2, 0) is 6.54 Å². The van der Waals surface area contributed by atoms with Gasteiger partial charge in [0.1, 0.15) is 5.75 Å². The molecule has 3 aromatic rings. The van der Waals surface area contributed by atoms with Crippen molar-refractivity contribution in [1.29, 1.82) is 0 Å². The summed E-state index contributed by atoms with van der Waals surface area (Å²) in [6, 6.07) is 13.5. The van der Waals surface area contributed by atoms with E-state index in [0.717, 1.165) is 56.9 Å². The highest BCUT2D eigenvalue weighted by Crippen LogP contribution is 2.31. The third kappa shape index (κ3) is 6.37. The van der Waals surface area contributed by atoms with Gasteiger partial charge in [0.15, 0.2) is 5.82 Å². The Morgan fingerprint density at radius 1 is 1.06 bits per heavy atom. The van der Waals surface area contributed by atoms with Crippen molar-refractivity contribution in [3.05, 3.63) is 64.1 Å². The number of thiol groups is 1. The highest BCUT2D eigenvalue weighted by molar-refractivity contribution is 7.81. The molecule has 0 saturated carbocycles. The van der Waals surface area contributed by atoms with Crippen molar-refractivity contribution in [2.24, 2.45) is 0 Å². The van der Waals surface area contributed by atoms with Gasteiger partial charge in [0.05, 0.1) is 11.3 Å². The zero-order valence-corrected chi connectivity index (χ0v) is 22.1. The number of aromatic amines is 1. The van der Waals surface area contributed by atoms with Crippen molar-refractivity contribution in [2.75, 3.05) is 32.7 Å². The van der Waals surface area contributed by atoms with Gasteiger partial charge in [-0.05, 0) is 54.3 Å². The number of hydrogen-bond acceptors (Lipinski definition) is 6. The van der Waals surface area contributed by atoms with Crippen molar-refractivity contribution >= 4 is 12.6 Å². The molecule has 0 unspecified atom stereocenters. The molecule has 0 spiro atoms. The molecule has 1 fully saturated rings. The fourth-order valence-electron chi connectivity index (χ4n) is 4.42. The minimum Gasteiger partial charge on any atom is -0.507 e. The maximum absolute atomic E-state index is 12.6. The van der Waals surface area contributed by atoms with Crippen LogP contribution in [-0.4, -0.2) is 67.1 Å². The number of H-pyrrole nitrogens is 1. The molecule has 7 nitrogen and oxygen atoms in total. The van der Waals surface area contributed by atoms with E-state index in [1.165, 1.54) is 10.1 Å². The molecule has 35 heavy (non-hydrogen) atoms. The summed E-state index contributed by atoms with van der Waals surface area (Å²) in [6.45, 7) is 14.8. The Hall–Kier alpha value is -2.55. The first-order valence-corrected chi connectivity index (χ1v) is 12.8. The van der Waals surface area contributed by atoms with E-state index in [1.54, 1.807) is 6.07 Å². The first-order valence-electron chi connectivity index (χ1n) is 12.4. The van der Waals surface area contributed by atoms with E-state index >= 15 is 0 Å². The normalized spacial score (nSPS) is 15.7. The first-order chi connectivity index (χ1) is 16.6. The van der Waals surface area contributed by atoms with Crippen molar-refractivity contribution in [1.82, 2.24) is 24.6 Å². The Kier molecular flexibility index (Phi) is 7.73. The molecular formula is C27H37N5O2S. The summed E-state index contributed by atoms with van der Waals surface area (Å²) in [5, 5.41) is 17.3. The molecule has 1 aromatic heterocycles. The fraction of sp³-hybridized carbons (Fsp3) is 0.481. The lowest BCUT2D eigenvalue weighted by Gasteiger charge is -2.35. The number of phenols is 1. The number of aromatic hydroxyl groups is 1. The summed E-state index contributed by atoms with van der Waals surface area (Å²) in [5.74, 6) is 0.802. The van der Waals surface area contributed by atoms with Gasteiger partial charge in [-0.1, -0.05) is 45.9 Å². The molecule has 1 saturated heterocycles. The Labute approximate surface area is 213 Å². The molecule has 2 heterocycles. The Morgan fingerprint density at radius 2 is 1.71 bits per heavy atom. The predicted octanol–water partition coefficient (Wildman–Crippen LogP) is 4.27. The standard InChI is InChI=1S/C27H37N5O2S/c1-19(2)21-7-10-24(33)23(17-21)25-28-29-26(34)32(25)22-8-5-20(6-9-22)18-31-15-13-30(14-16-31)12-11-27(3,4)35/h5-10,17,19,33,35H,11-16,18H2,1-4H3,(H,29,34). The minimum absolute atomic E-state index is 0.0751. The zero-order valence-electron chi connectivity index (χ0n) is 21.2. The van der Waals surface area contributed by atoms with Gasteiger partial charge >= 0.3 is 5.69 Å². The smallest absolute Gasteiger partial charge is 0.348 e. The molecule has 8 heteroatoms. The summed E-state index contributed by atoms with van der Waals surface area (Å²) in [6.07, 6.45) is 1.09. The molecule has 0 bridgehead atoms. The lowest BCUT2D eigenvalue weighted by Crippen LogP contribution is -2.46. The van der Waals surface area contributed by atoms with E-state index < -0.39 is 0 Å². The number of nitrogens with zero attached hydrogens (tertiary/aromatic N) is 4. The van der Waals surface area contributed by atoms with Crippen molar-refractivity contribution in [3.8, 4) is 22.8 Å². The monoisotopic (exact) mass is 495 g/mol. The molecule has 0 amide bonds. The number of nitrogens with one attached hydrogen (secondary N) is 1. The third-order valence-electron chi connectivity index (χ3n) is 6.71. The summed E-state index contributed by atoms with van der Waals surface area (Å²) >= 11 is 4.64. The highest BCUT2D eigenvalue weighted by atomic mass is 32.1. The lowest BCUT2D eigenvalue weighted by molar-refractivity contribution is 0.124. The quantitative estimate of drug-likeness (QED) is 0.407. The molecule has 2 aromatic carbocycles. The molecule has 4 rings (SSSR count). The Morgan fingerprint density at radius 3 is 2.34 bits per heavy atom. The summed E-state index contributed by atoms with van der Waals surface area (Å²) < 4.78 is 1.59.